The van der Waals surface area contributed by atoms with Gasteiger partial charge in [0.25, 0.3) is 0 Å². The molecule has 1 aromatic rings. The smallest absolute Gasteiger partial charge is 0.0590 e. The Kier molecular flexibility index (Phi) is 9.39. The second-order valence-electron chi connectivity index (χ2n) is 5.15. The van der Waals surface area contributed by atoms with Gasteiger partial charge in [0, 0.05) is 13.6 Å². The van der Waals surface area contributed by atoms with Crippen molar-refractivity contribution in [2.75, 3.05) is 18.6 Å². The first-order chi connectivity index (χ1) is 11.7. The van der Waals surface area contributed by atoms with Crippen molar-refractivity contribution in [2.24, 2.45) is 5.10 Å². The maximum Gasteiger partial charge on any atom is 0.0590 e. The molecule has 0 aliphatic heterocycles. The Morgan fingerprint density at radius 2 is 1.92 bits per heavy atom. The summed E-state index contributed by atoms with van der Waals surface area (Å²) in [7, 11) is 1.93. The van der Waals surface area contributed by atoms with Crippen molar-refractivity contribution in [3.63, 3.8) is 0 Å². The lowest BCUT2D eigenvalue weighted by molar-refractivity contribution is 0.958. The van der Waals surface area contributed by atoms with Crippen molar-refractivity contribution in [3.8, 4) is 0 Å². The van der Waals surface area contributed by atoms with Gasteiger partial charge < -0.3 is 5.32 Å². The predicted molar refractivity (Wildman–Crippen MR) is 107 cm³/mol. The number of hydrazone groups is 1. The first-order valence-corrected chi connectivity index (χ1v) is 8.03. The van der Waals surface area contributed by atoms with E-state index >= 15 is 0 Å². The number of para-hydroxylation sites is 1. The van der Waals surface area contributed by atoms with E-state index in [1.807, 2.05) is 105 Å². The normalized spacial score (nSPS) is 12.7. The monoisotopic (exact) mass is 321 g/mol. The van der Waals surface area contributed by atoms with Crippen LogP contribution in [0.2, 0.25) is 0 Å². The number of allylic oxidation sites excluding steroid dienone is 6. The van der Waals surface area contributed by atoms with Gasteiger partial charge in [-0.3, -0.25) is 5.01 Å². The molecular formula is C21H27N3. The van der Waals surface area contributed by atoms with Crippen LogP contribution in [0.3, 0.4) is 0 Å². The molecule has 0 saturated heterocycles. The average Bonchev–Trinajstić information content (AvgIpc) is 2.61. The zero-order valence-electron chi connectivity index (χ0n) is 14.8. The molecule has 1 N–H and O–H groups in total. The number of anilines is 1. The summed E-state index contributed by atoms with van der Waals surface area (Å²) >= 11 is 0. The van der Waals surface area contributed by atoms with Crippen LogP contribution in [0.15, 0.2) is 95.8 Å². The maximum atomic E-state index is 4.45. The standard InChI is InChI=1S/C21H27N3/c1-5-7-9-12-19(3)17-22-16-15-20(6-2)18-23-24(4)21-13-10-8-11-14-21/h5-16,18,22H,3,17H2,1-2,4H3/b7-5-,12-9-,16-15-,20-6+,23-18+. The minimum atomic E-state index is 0.711. The Morgan fingerprint density at radius 1 is 1.17 bits per heavy atom. The fraction of sp³-hybridized carbons (Fsp3) is 0.190. The van der Waals surface area contributed by atoms with E-state index in [4.69, 9.17) is 0 Å². The fourth-order valence-corrected chi connectivity index (χ4v) is 1.78. The van der Waals surface area contributed by atoms with Crippen molar-refractivity contribution in [1.82, 2.24) is 5.32 Å². The molecule has 0 heterocycles. The van der Waals surface area contributed by atoms with E-state index in [-0.39, 0.29) is 0 Å². The van der Waals surface area contributed by atoms with E-state index in [0.29, 0.717) is 6.54 Å². The minimum absolute atomic E-state index is 0.711. The van der Waals surface area contributed by atoms with Gasteiger partial charge >= 0.3 is 0 Å². The van der Waals surface area contributed by atoms with Crippen molar-refractivity contribution in [2.45, 2.75) is 13.8 Å². The van der Waals surface area contributed by atoms with E-state index in [0.717, 1.165) is 16.8 Å². The molecule has 0 fully saturated rings. The summed E-state index contributed by atoms with van der Waals surface area (Å²) in [6.07, 6.45) is 15.7. The predicted octanol–water partition coefficient (Wildman–Crippen LogP) is 4.85. The highest BCUT2D eigenvalue weighted by atomic mass is 15.4. The summed E-state index contributed by atoms with van der Waals surface area (Å²) in [6, 6.07) is 10.0. The summed E-state index contributed by atoms with van der Waals surface area (Å²) in [6.45, 7) is 8.69. The number of nitrogens with one attached hydrogen (secondary N) is 1. The lowest BCUT2D eigenvalue weighted by atomic mass is 10.2. The third-order valence-electron chi connectivity index (χ3n) is 3.20. The van der Waals surface area contributed by atoms with Gasteiger partial charge in [-0.1, -0.05) is 55.2 Å². The Balaban J connectivity index is 2.47. The molecule has 0 atom stereocenters. The molecule has 1 rings (SSSR count). The Morgan fingerprint density at radius 3 is 2.58 bits per heavy atom. The summed E-state index contributed by atoms with van der Waals surface area (Å²) in [5, 5.41) is 9.52. The van der Waals surface area contributed by atoms with Gasteiger partial charge in [-0.15, -0.1) is 0 Å². The largest absolute Gasteiger partial charge is 0.387 e. The van der Waals surface area contributed by atoms with Crippen LogP contribution in [0.25, 0.3) is 0 Å². The van der Waals surface area contributed by atoms with Crippen LogP contribution >= 0.6 is 0 Å². The van der Waals surface area contributed by atoms with Crippen LogP contribution in [0.4, 0.5) is 5.69 Å². The molecule has 1 aromatic carbocycles. The van der Waals surface area contributed by atoms with E-state index in [1.54, 1.807) is 0 Å². The van der Waals surface area contributed by atoms with Crippen LogP contribution in [0.1, 0.15) is 13.8 Å². The van der Waals surface area contributed by atoms with E-state index in [1.165, 1.54) is 0 Å². The summed E-state index contributed by atoms with van der Waals surface area (Å²) in [5.74, 6) is 0. The molecule has 0 amide bonds. The topological polar surface area (TPSA) is 27.6 Å². The van der Waals surface area contributed by atoms with Gasteiger partial charge in [0.05, 0.1) is 11.9 Å². The fourth-order valence-electron chi connectivity index (χ4n) is 1.78. The molecule has 3 heteroatoms. The summed E-state index contributed by atoms with van der Waals surface area (Å²) < 4.78 is 0. The number of rotatable bonds is 9. The number of hydrogen-bond donors (Lipinski definition) is 1. The van der Waals surface area contributed by atoms with Gasteiger partial charge in [0.2, 0.25) is 0 Å². The third kappa shape index (κ3) is 7.99. The van der Waals surface area contributed by atoms with Gasteiger partial charge in [0.1, 0.15) is 0 Å². The van der Waals surface area contributed by atoms with Crippen LogP contribution in [-0.4, -0.2) is 19.8 Å². The molecule has 3 nitrogen and oxygen atoms in total. The van der Waals surface area contributed by atoms with Gasteiger partial charge in [0.15, 0.2) is 0 Å². The Hall–Kier alpha value is -2.81. The van der Waals surface area contributed by atoms with Gasteiger partial charge in [-0.2, -0.15) is 5.10 Å². The van der Waals surface area contributed by atoms with Crippen molar-refractivity contribution < 1.29 is 0 Å². The zero-order chi connectivity index (χ0) is 17.6. The van der Waals surface area contributed by atoms with Crippen LogP contribution < -0.4 is 10.3 Å². The van der Waals surface area contributed by atoms with E-state index < -0.39 is 0 Å². The highest BCUT2D eigenvalue weighted by Crippen LogP contribution is 2.10. The molecule has 126 valence electrons. The highest BCUT2D eigenvalue weighted by Gasteiger charge is 1.95. The van der Waals surface area contributed by atoms with Crippen molar-refractivity contribution in [1.29, 1.82) is 0 Å². The molecule has 0 bridgehead atoms. The zero-order valence-corrected chi connectivity index (χ0v) is 14.8. The van der Waals surface area contributed by atoms with Gasteiger partial charge in [-0.05, 0) is 49.4 Å². The van der Waals surface area contributed by atoms with Crippen LogP contribution in [-0.2, 0) is 0 Å². The Labute approximate surface area is 146 Å². The van der Waals surface area contributed by atoms with E-state index in [9.17, 15) is 0 Å². The van der Waals surface area contributed by atoms with Crippen molar-refractivity contribution in [3.05, 3.63) is 90.7 Å². The second-order valence-corrected chi connectivity index (χ2v) is 5.15. The minimum Gasteiger partial charge on any atom is -0.387 e. The van der Waals surface area contributed by atoms with Crippen LogP contribution in [0, 0.1) is 0 Å². The van der Waals surface area contributed by atoms with Crippen molar-refractivity contribution >= 4 is 11.9 Å². The molecular weight excluding hydrogens is 294 g/mol. The quantitative estimate of drug-likeness (QED) is 0.400. The highest BCUT2D eigenvalue weighted by molar-refractivity contribution is 5.82. The van der Waals surface area contributed by atoms with Gasteiger partial charge in [-0.25, -0.2) is 0 Å². The second kappa shape index (κ2) is 11.7. The first-order valence-electron chi connectivity index (χ1n) is 8.03. The number of nitrogens with zero attached hydrogens (tertiary/aromatic N) is 2. The average molecular weight is 321 g/mol. The molecule has 24 heavy (non-hydrogen) atoms. The molecule has 0 unspecified atom stereocenters. The molecule has 0 aliphatic rings. The molecule has 0 saturated carbocycles. The molecule has 0 aliphatic carbocycles. The van der Waals surface area contributed by atoms with E-state index in [2.05, 4.69) is 17.0 Å². The number of hydrogen-bond acceptors (Lipinski definition) is 3. The SMILES string of the molecule is C=C(/C=C\C=C/C)CN\C=C/C(/C=N/N(C)c1ccccc1)=C\C. The lowest BCUT2D eigenvalue weighted by Gasteiger charge is -2.12. The summed E-state index contributed by atoms with van der Waals surface area (Å²) in [4.78, 5) is 0. The Bertz CT molecular complexity index is 634. The maximum absolute atomic E-state index is 4.45. The lowest BCUT2D eigenvalue weighted by Crippen LogP contribution is -2.09. The molecule has 0 spiro atoms. The molecule has 0 radical (unpaired) electrons. The van der Waals surface area contributed by atoms with Crippen LogP contribution in [0.5, 0.6) is 0 Å². The molecule has 0 aromatic heterocycles. The summed E-state index contributed by atoms with van der Waals surface area (Å²) in [5.41, 5.74) is 3.10. The first kappa shape index (κ1) is 19.2. The third-order valence-corrected chi connectivity index (χ3v) is 3.20. The number of benzene rings is 1.